The molecular formula is C8H10N2S. The molecule has 0 aromatic carbocycles. The maximum atomic E-state index is 3.13. The lowest BCUT2D eigenvalue weighted by Crippen LogP contribution is -2.18. The quantitative estimate of drug-likeness (QED) is 0.685. The number of thiophene rings is 1. The maximum Gasteiger partial charge on any atom is 0.0916 e. The van der Waals surface area contributed by atoms with Crippen molar-refractivity contribution < 1.29 is 0 Å². The Morgan fingerprint density at radius 3 is 3.09 bits per heavy atom. The number of aryl methyl sites for hydroxylation is 1. The minimum atomic E-state index is 0.899. The molecule has 0 atom stereocenters. The van der Waals surface area contributed by atoms with Crippen LogP contribution in [-0.2, 0) is 0 Å². The molecule has 1 aromatic heterocycles. The van der Waals surface area contributed by atoms with Crippen molar-refractivity contribution in [1.82, 2.24) is 5.32 Å². The highest BCUT2D eigenvalue weighted by molar-refractivity contribution is 7.10. The van der Waals surface area contributed by atoms with E-state index in [2.05, 4.69) is 34.8 Å². The predicted molar refractivity (Wildman–Crippen MR) is 48.7 cm³/mol. The van der Waals surface area contributed by atoms with Crippen LogP contribution in [0.15, 0.2) is 23.8 Å². The molecule has 0 saturated carbocycles. The predicted octanol–water partition coefficient (Wildman–Crippen LogP) is 1.89. The standard InChI is InChI=1S/C8H10N2S/c1-7-4-8(5-11-7)10-3-2-9-6-10/h2-5,9H,6H2,1H3. The van der Waals surface area contributed by atoms with E-state index in [0.717, 1.165) is 6.67 Å². The van der Waals surface area contributed by atoms with Gasteiger partial charge in [-0.3, -0.25) is 0 Å². The summed E-state index contributed by atoms with van der Waals surface area (Å²) in [4.78, 5) is 3.55. The number of nitrogens with one attached hydrogen (secondary N) is 1. The van der Waals surface area contributed by atoms with Crippen molar-refractivity contribution in [3.8, 4) is 0 Å². The summed E-state index contributed by atoms with van der Waals surface area (Å²) in [6, 6.07) is 2.20. The van der Waals surface area contributed by atoms with Crippen LogP contribution in [0.1, 0.15) is 4.88 Å². The summed E-state index contributed by atoms with van der Waals surface area (Å²) >= 11 is 1.79. The highest BCUT2D eigenvalue weighted by atomic mass is 32.1. The van der Waals surface area contributed by atoms with Gasteiger partial charge in [-0.05, 0) is 13.0 Å². The first kappa shape index (κ1) is 6.73. The van der Waals surface area contributed by atoms with Crippen LogP contribution in [0.5, 0.6) is 0 Å². The molecule has 2 nitrogen and oxygen atoms in total. The Balaban J connectivity index is 2.22. The van der Waals surface area contributed by atoms with Crippen LogP contribution in [-0.4, -0.2) is 6.67 Å². The molecule has 1 aliphatic rings. The first-order valence-electron chi connectivity index (χ1n) is 3.58. The number of rotatable bonds is 1. The zero-order valence-electron chi connectivity index (χ0n) is 6.37. The molecule has 0 bridgehead atoms. The van der Waals surface area contributed by atoms with Gasteiger partial charge in [-0.1, -0.05) is 0 Å². The zero-order valence-corrected chi connectivity index (χ0v) is 7.19. The topological polar surface area (TPSA) is 15.3 Å². The van der Waals surface area contributed by atoms with Gasteiger partial charge < -0.3 is 10.2 Å². The van der Waals surface area contributed by atoms with Gasteiger partial charge in [0.2, 0.25) is 0 Å². The van der Waals surface area contributed by atoms with Crippen LogP contribution in [0.2, 0.25) is 0 Å². The monoisotopic (exact) mass is 166 g/mol. The van der Waals surface area contributed by atoms with Crippen molar-refractivity contribution in [1.29, 1.82) is 0 Å². The van der Waals surface area contributed by atoms with Gasteiger partial charge in [-0.25, -0.2) is 0 Å². The average molecular weight is 166 g/mol. The Hall–Kier alpha value is -0.960. The maximum absolute atomic E-state index is 3.13. The van der Waals surface area contributed by atoms with Crippen molar-refractivity contribution in [3.05, 3.63) is 28.7 Å². The van der Waals surface area contributed by atoms with Crippen LogP contribution in [0, 0.1) is 6.92 Å². The molecule has 2 rings (SSSR count). The lowest BCUT2D eigenvalue weighted by Gasteiger charge is -2.11. The molecule has 0 unspecified atom stereocenters. The molecule has 58 valence electrons. The molecule has 3 heteroatoms. The van der Waals surface area contributed by atoms with Crippen molar-refractivity contribution in [2.75, 3.05) is 11.6 Å². The summed E-state index contributed by atoms with van der Waals surface area (Å²) in [6.45, 7) is 3.03. The van der Waals surface area contributed by atoms with E-state index in [9.17, 15) is 0 Å². The third kappa shape index (κ3) is 1.24. The molecule has 0 amide bonds. The molecule has 0 saturated heterocycles. The molecule has 0 aliphatic carbocycles. The van der Waals surface area contributed by atoms with E-state index < -0.39 is 0 Å². The summed E-state index contributed by atoms with van der Waals surface area (Å²) in [7, 11) is 0. The van der Waals surface area contributed by atoms with Crippen LogP contribution < -0.4 is 10.2 Å². The van der Waals surface area contributed by atoms with Crippen LogP contribution >= 0.6 is 11.3 Å². The van der Waals surface area contributed by atoms with E-state index >= 15 is 0 Å². The van der Waals surface area contributed by atoms with Gasteiger partial charge in [0.1, 0.15) is 0 Å². The van der Waals surface area contributed by atoms with Gasteiger partial charge in [0.15, 0.2) is 0 Å². The minimum Gasteiger partial charge on any atom is -0.372 e. The molecule has 11 heavy (non-hydrogen) atoms. The SMILES string of the molecule is Cc1cc(N2C=CNC2)cs1. The van der Waals surface area contributed by atoms with E-state index in [-0.39, 0.29) is 0 Å². The zero-order chi connectivity index (χ0) is 7.68. The summed E-state index contributed by atoms with van der Waals surface area (Å²) in [5.41, 5.74) is 1.29. The molecule has 0 fully saturated rings. The van der Waals surface area contributed by atoms with Crippen molar-refractivity contribution in [3.63, 3.8) is 0 Å². The fourth-order valence-corrected chi connectivity index (χ4v) is 1.80. The van der Waals surface area contributed by atoms with Crippen molar-refractivity contribution in [2.24, 2.45) is 0 Å². The van der Waals surface area contributed by atoms with Crippen molar-refractivity contribution in [2.45, 2.75) is 6.92 Å². The molecule has 1 aromatic rings. The van der Waals surface area contributed by atoms with Gasteiger partial charge in [0, 0.05) is 22.7 Å². The third-order valence-corrected chi connectivity index (χ3v) is 2.53. The minimum absolute atomic E-state index is 0.899. The van der Waals surface area contributed by atoms with E-state index in [1.807, 2.05) is 6.20 Å². The summed E-state index contributed by atoms with van der Waals surface area (Å²) in [5, 5.41) is 5.30. The largest absolute Gasteiger partial charge is 0.372 e. The fourth-order valence-electron chi connectivity index (χ4n) is 1.10. The van der Waals surface area contributed by atoms with Crippen LogP contribution in [0.3, 0.4) is 0 Å². The van der Waals surface area contributed by atoms with E-state index in [1.54, 1.807) is 11.3 Å². The van der Waals surface area contributed by atoms with Crippen LogP contribution in [0.4, 0.5) is 5.69 Å². The molecule has 0 spiro atoms. The van der Waals surface area contributed by atoms with Gasteiger partial charge in [-0.15, -0.1) is 11.3 Å². The second kappa shape index (κ2) is 2.58. The Kier molecular flexibility index (Phi) is 1.58. The number of anilines is 1. The van der Waals surface area contributed by atoms with Crippen LogP contribution in [0.25, 0.3) is 0 Å². The number of hydrogen-bond donors (Lipinski definition) is 1. The summed E-state index contributed by atoms with van der Waals surface area (Å²) < 4.78 is 0. The Morgan fingerprint density at radius 2 is 2.55 bits per heavy atom. The smallest absolute Gasteiger partial charge is 0.0916 e. The first-order chi connectivity index (χ1) is 5.36. The second-order valence-corrected chi connectivity index (χ2v) is 3.68. The highest BCUT2D eigenvalue weighted by Gasteiger charge is 2.06. The Morgan fingerprint density at radius 1 is 1.64 bits per heavy atom. The highest BCUT2D eigenvalue weighted by Crippen LogP contribution is 2.22. The van der Waals surface area contributed by atoms with Crippen molar-refractivity contribution >= 4 is 17.0 Å². The van der Waals surface area contributed by atoms with Gasteiger partial charge in [-0.2, -0.15) is 0 Å². The van der Waals surface area contributed by atoms with E-state index in [4.69, 9.17) is 0 Å². The third-order valence-electron chi connectivity index (χ3n) is 1.68. The van der Waals surface area contributed by atoms with Gasteiger partial charge >= 0.3 is 0 Å². The molecule has 0 radical (unpaired) electrons. The number of hydrogen-bond acceptors (Lipinski definition) is 3. The lowest BCUT2D eigenvalue weighted by atomic mass is 10.4. The van der Waals surface area contributed by atoms with Gasteiger partial charge in [0.05, 0.1) is 12.4 Å². The first-order valence-corrected chi connectivity index (χ1v) is 4.46. The fraction of sp³-hybridized carbons (Fsp3) is 0.250. The Bertz CT molecular complexity index is 277. The van der Waals surface area contributed by atoms with E-state index in [1.165, 1.54) is 10.6 Å². The molecule has 1 N–H and O–H groups in total. The average Bonchev–Trinajstić information content (AvgIpc) is 2.55. The molecule has 2 heterocycles. The van der Waals surface area contributed by atoms with Gasteiger partial charge in [0.25, 0.3) is 0 Å². The summed E-state index contributed by atoms with van der Waals surface area (Å²) in [5.74, 6) is 0. The Labute approximate surface area is 70.1 Å². The normalized spacial score (nSPS) is 15.5. The van der Waals surface area contributed by atoms with E-state index in [0.29, 0.717) is 0 Å². The molecule has 1 aliphatic heterocycles. The second-order valence-electron chi connectivity index (χ2n) is 2.56. The summed E-state index contributed by atoms with van der Waals surface area (Å²) in [6.07, 6.45) is 4.02. The number of nitrogens with zero attached hydrogens (tertiary/aromatic N) is 1. The lowest BCUT2D eigenvalue weighted by molar-refractivity contribution is 0.902. The molecular weight excluding hydrogens is 156 g/mol.